The van der Waals surface area contributed by atoms with Crippen LogP contribution in [-0.4, -0.2) is 19.1 Å². The molecule has 3 aromatic carbocycles. The van der Waals surface area contributed by atoms with Crippen molar-refractivity contribution in [1.29, 1.82) is 0 Å². The quantitative estimate of drug-likeness (QED) is 0.251. The van der Waals surface area contributed by atoms with Gasteiger partial charge in [-0.1, -0.05) is 36.4 Å². The molecule has 0 fully saturated rings. The summed E-state index contributed by atoms with van der Waals surface area (Å²) in [6, 6.07) is 14.1. The fourth-order valence-corrected chi connectivity index (χ4v) is 3.47. The van der Waals surface area contributed by atoms with E-state index in [0.29, 0.717) is 16.7 Å². The molecule has 3 rings (SSSR count). The Morgan fingerprint density at radius 3 is 0.771 bits per heavy atom. The Balaban J connectivity index is 2.05. The summed E-state index contributed by atoms with van der Waals surface area (Å²) in [4.78, 5) is 0. The molecule has 35 heavy (non-hydrogen) atoms. The molecule has 12 heteroatoms. The smallest absolute Gasteiger partial charge is 0.406 e. The van der Waals surface area contributed by atoms with E-state index in [1.54, 1.807) is 6.92 Å². The van der Waals surface area contributed by atoms with Crippen molar-refractivity contribution < 1.29 is 53.7 Å². The summed E-state index contributed by atoms with van der Waals surface area (Å²) < 4.78 is 124. The second kappa shape index (κ2) is 9.23. The minimum absolute atomic E-state index is 0.376. The van der Waals surface area contributed by atoms with Crippen molar-refractivity contribution in [3.8, 4) is 17.2 Å². The summed E-state index contributed by atoms with van der Waals surface area (Å²) in [6.45, 7) is 1.60. The largest absolute Gasteiger partial charge is 0.573 e. The summed E-state index contributed by atoms with van der Waals surface area (Å²) in [7, 11) is 0. The van der Waals surface area contributed by atoms with Crippen molar-refractivity contribution in [2.24, 2.45) is 0 Å². The highest BCUT2D eigenvalue weighted by molar-refractivity contribution is 5.52. The number of hydrogen-bond donors (Lipinski definition) is 0. The molecule has 0 atom stereocenters. The second-order valence-corrected chi connectivity index (χ2v) is 7.34. The number of hydrogen-bond acceptors (Lipinski definition) is 3. The Kier molecular flexibility index (Phi) is 6.87. The van der Waals surface area contributed by atoms with E-state index in [1.807, 2.05) is 0 Å². The maximum atomic E-state index is 12.5. The lowest BCUT2D eigenvalue weighted by molar-refractivity contribution is -0.275. The molecule has 0 heterocycles. The van der Waals surface area contributed by atoms with Crippen molar-refractivity contribution >= 4 is 0 Å². The van der Waals surface area contributed by atoms with Crippen LogP contribution in [0.3, 0.4) is 0 Å². The zero-order chi connectivity index (χ0) is 26.1. The molecule has 0 amide bonds. The SMILES string of the molecule is CC(c1ccc(OC(F)(F)F)cc1)(c1ccc(OC(F)(F)F)cc1)c1ccc(OC(F)(F)F)cc1. The van der Waals surface area contributed by atoms with Crippen LogP contribution in [0.25, 0.3) is 0 Å². The third-order valence-electron chi connectivity index (χ3n) is 5.00. The van der Waals surface area contributed by atoms with Crippen LogP contribution in [0, 0.1) is 0 Å². The van der Waals surface area contributed by atoms with Gasteiger partial charge in [0.2, 0.25) is 0 Å². The van der Waals surface area contributed by atoms with E-state index >= 15 is 0 Å². The summed E-state index contributed by atoms with van der Waals surface area (Å²) in [5, 5.41) is 0. The van der Waals surface area contributed by atoms with E-state index in [-0.39, 0.29) is 0 Å². The number of benzene rings is 3. The molecule has 3 aromatic rings. The maximum absolute atomic E-state index is 12.5. The van der Waals surface area contributed by atoms with E-state index in [9.17, 15) is 39.5 Å². The minimum Gasteiger partial charge on any atom is -0.406 e. The highest BCUT2D eigenvalue weighted by atomic mass is 19.4. The second-order valence-electron chi connectivity index (χ2n) is 7.34. The van der Waals surface area contributed by atoms with Gasteiger partial charge in [-0.25, -0.2) is 0 Å². The Labute approximate surface area is 192 Å². The van der Waals surface area contributed by atoms with Gasteiger partial charge in [-0.05, 0) is 60.0 Å². The van der Waals surface area contributed by atoms with Gasteiger partial charge in [0, 0.05) is 5.41 Å². The van der Waals surface area contributed by atoms with Crippen LogP contribution >= 0.6 is 0 Å². The molecule has 0 aliphatic rings. The first-order valence-electron chi connectivity index (χ1n) is 9.64. The lowest BCUT2D eigenvalue weighted by atomic mass is 9.71. The molecule has 0 saturated carbocycles. The molecule has 3 nitrogen and oxygen atoms in total. The third kappa shape index (κ3) is 6.96. The Hall–Kier alpha value is -3.57. The van der Waals surface area contributed by atoms with E-state index in [2.05, 4.69) is 14.2 Å². The van der Waals surface area contributed by atoms with Gasteiger partial charge in [0.1, 0.15) is 17.2 Å². The molecule has 0 spiro atoms. The van der Waals surface area contributed by atoms with Gasteiger partial charge < -0.3 is 14.2 Å². The molecule has 0 aromatic heterocycles. The lowest BCUT2D eigenvalue weighted by Gasteiger charge is -2.32. The molecule has 188 valence electrons. The van der Waals surface area contributed by atoms with E-state index < -0.39 is 41.8 Å². The van der Waals surface area contributed by atoms with Gasteiger partial charge in [-0.3, -0.25) is 0 Å². The molecule has 0 unspecified atom stereocenters. The normalized spacial score (nSPS) is 12.9. The summed E-state index contributed by atoms with van der Waals surface area (Å²) in [6.07, 6.45) is -14.8. The van der Waals surface area contributed by atoms with Crippen molar-refractivity contribution in [2.45, 2.75) is 31.4 Å². The van der Waals surface area contributed by atoms with Gasteiger partial charge in [0.15, 0.2) is 0 Å². The van der Waals surface area contributed by atoms with Gasteiger partial charge in [-0.2, -0.15) is 0 Å². The number of ether oxygens (including phenoxy) is 3. The predicted molar refractivity (Wildman–Crippen MR) is 105 cm³/mol. The molecule has 0 aliphatic heterocycles. The van der Waals surface area contributed by atoms with Crippen LogP contribution in [0.1, 0.15) is 23.6 Å². The maximum Gasteiger partial charge on any atom is 0.573 e. The van der Waals surface area contributed by atoms with Crippen LogP contribution in [0.4, 0.5) is 39.5 Å². The Morgan fingerprint density at radius 2 is 0.600 bits per heavy atom. The van der Waals surface area contributed by atoms with Crippen LogP contribution in [0.5, 0.6) is 17.2 Å². The van der Waals surface area contributed by atoms with E-state index in [4.69, 9.17) is 0 Å². The third-order valence-corrected chi connectivity index (χ3v) is 5.00. The highest BCUT2D eigenvalue weighted by Gasteiger charge is 2.35. The minimum atomic E-state index is -4.92. The number of rotatable bonds is 6. The zero-order valence-corrected chi connectivity index (χ0v) is 17.6. The first-order chi connectivity index (χ1) is 16.1. The molecule has 0 saturated heterocycles. The fraction of sp³-hybridized carbons (Fsp3) is 0.217. The lowest BCUT2D eigenvalue weighted by Crippen LogP contribution is -2.26. The molecule has 0 radical (unpaired) electrons. The molecule has 0 N–H and O–H groups in total. The van der Waals surface area contributed by atoms with Crippen LogP contribution < -0.4 is 14.2 Å². The van der Waals surface area contributed by atoms with Crippen molar-refractivity contribution in [3.63, 3.8) is 0 Å². The predicted octanol–water partition coefficient (Wildman–Crippen LogP) is 7.74. The molecular formula is C23H15F9O3. The summed E-state index contributed by atoms with van der Waals surface area (Å²) in [5.41, 5.74) is -0.0902. The van der Waals surface area contributed by atoms with E-state index in [0.717, 1.165) is 36.4 Å². The molecule has 0 aliphatic carbocycles. The Bertz CT molecular complexity index is 972. The summed E-state index contributed by atoms with van der Waals surface area (Å²) >= 11 is 0. The van der Waals surface area contributed by atoms with E-state index in [1.165, 1.54) is 36.4 Å². The van der Waals surface area contributed by atoms with Gasteiger partial charge in [-0.15, -0.1) is 39.5 Å². The average molecular weight is 510 g/mol. The summed E-state index contributed by atoms with van der Waals surface area (Å²) in [5.74, 6) is -1.52. The first-order valence-corrected chi connectivity index (χ1v) is 9.64. The number of halogens is 9. The number of alkyl halides is 9. The van der Waals surface area contributed by atoms with Crippen LogP contribution in [-0.2, 0) is 5.41 Å². The van der Waals surface area contributed by atoms with Gasteiger partial charge in [0.05, 0.1) is 0 Å². The zero-order valence-electron chi connectivity index (χ0n) is 17.6. The standard InChI is InChI=1S/C23H15F9O3/c1-20(14-2-8-17(9-3-14)33-21(24,25)26,15-4-10-18(11-5-15)34-22(27,28)29)16-6-12-19(13-7-16)35-23(30,31)32/h2-13H,1H3. The van der Waals surface area contributed by atoms with Crippen molar-refractivity contribution in [3.05, 3.63) is 89.5 Å². The molecule has 0 bridgehead atoms. The van der Waals surface area contributed by atoms with Crippen molar-refractivity contribution in [1.82, 2.24) is 0 Å². The topological polar surface area (TPSA) is 27.7 Å². The fourth-order valence-electron chi connectivity index (χ4n) is 3.47. The van der Waals surface area contributed by atoms with Gasteiger partial charge in [0.25, 0.3) is 0 Å². The van der Waals surface area contributed by atoms with Gasteiger partial charge >= 0.3 is 19.1 Å². The average Bonchev–Trinajstić information content (AvgIpc) is 2.71. The monoisotopic (exact) mass is 510 g/mol. The Morgan fingerprint density at radius 1 is 0.400 bits per heavy atom. The van der Waals surface area contributed by atoms with Crippen molar-refractivity contribution in [2.75, 3.05) is 0 Å². The highest BCUT2D eigenvalue weighted by Crippen LogP contribution is 2.41. The first kappa shape index (κ1) is 26.0. The van der Waals surface area contributed by atoms with Crippen LogP contribution in [0.2, 0.25) is 0 Å². The van der Waals surface area contributed by atoms with Crippen LogP contribution in [0.15, 0.2) is 72.8 Å². The molecular weight excluding hydrogens is 495 g/mol.